The molecule has 0 aliphatic heterocycles. The Balaban J connectivity index is 0.00000312. The van der Waals surface area contributed by atoms with Crippen LogP contribution < -0.4 is 16.2 Å². The molecule has 25 heavy (non-hydrogen) atoms. The lowest BCUT2D eigenvalue weighted by Gasteiger charge is -2.08. The summed E-state index contributed by atoms with van der Waals surface area (Å²) >= 11 is 3.35. The number of methoxy groups -OCH3 is 1. The third-order valence-electron chi connectivity index (χ3n) is 3.47. The number of amides is 1. The fourth-order valence-electron chi connectivity index (χ4n) is 2.19. The maximum Gasteiger partial charge on any atom is 0.261 e. The summed E-state index contributed by atoms with van der Waals surface area (Å²) in [6.07, 6.45) is 1.72. The normalized spacial score (nSPS) is 10.5. The molecule has 0 bridgehead atoms. The molecule has 0 radical (unpaired) electrons. The molecule has 2 rings (SSSR count). The van der Waals surface area contributed by atoms with E-state index in [2.05, 4.69) is 31.5 Å². The first kappa shape index (κ1) is 21.6. The predicted molar refractivity (Wildman–Crippen MR) is 103 cm³/mol. The van der Waals surface area contributed by atoms with Crippen molar-refractivity contribution < 1.29 is 9.53 Å². The number of benzene rings is 1. The van der Waals surface area contributed by atoms with E-state index < -0.39 is 0 Å². The number of halogens is 2. The first-order valence-corrected chi connectivity index (χ1v) is 8.52. The second-order valence-electron chi connectivity index (χ2n) is 5.25. The second kappa shape index (κ2) is 11.2. The van der Waals surface area contributed by atoms with Gasteiger partial charge in [0, 0.05) is 44.2 Å². The van der Waals surface area contributed by atoms with E-state index in [-0.39, 0.29) is 30.3 Å². The molecular weight excluding hydrogens is 412 g/mol. The Bertz CT molecular complexity index is 754. The van der Waals surface area contributed by atoms with E-state index in [9.17, 15) is 9.59 Å². The van der Waals surface area contributed by atoms with Gasteiger partial charge in [0.2, 0.25) is 5.91 Å². The molecule has 0 saturated carbocycles. The zero-order chi connectivity index (χ0) is 17.4. The number of nitrogens with zero attached hydrogens (tertiary/aromatic N) is 2. The van der Waals surface area contributed by atoms with Gasteiger partial charge in [-0.05, 0) is 18.2 Å². The number of rotatable bonds is 9. The third kappa shape index (κ3) is 6.74. The van der Waals surface area contributed by atoms with Crippen LogP contribution in [0.15, 0.2) is 33.8 Å². The number of aromatic nitrogens is 2. The van der Waals surface area contributed by atoms with E-state index in [1.54, 1.807) is 19.2 Å². The molecule has 0 atom stereocenters. The van der Waals surface area contributed by atoms with Gasteiger partial charge in [0.05, 0.1) is 23.8 Å². The Morgan fingerprint density at radius 3 is 2.88 bits per heavy atom. The zero-order valence-corrected chi connectivity index (χ0v) is 16.4. The number of hydrogen-bond donors (Lipinski definition) is 2. The molecule has 1 heterocycles. The van der Waals surface area contributed by atoms with Crippen LogP contribution in [0.2, 0.25) is 0 Å². The standard InChI is InChI=1S/C16H21BrN4O3.ClH/c1-24-9-7-18-5-6-19-15(22)4-8-21-11-20-14-3-2-12(17)10-13(14)16(21)23;/h2-3,10-11,18H,4-9H2,1H3,(H,19,22);1H. The van der Waals surface area contributed by atoms with Gasteiger partial charge < -0.3 is 15.4 Å². The minimum atomic E-state index is -0.143. The maximum atomic E-state index is 12.4. The minimum absolute atomic E-state index is 0. The molecule has 1 amide bonds. The highest BCUT2D eigenvalue weighted by atomic mass is 79.9. The van der Waals surface area contributed by atoms with Crippen LogP contribution in [0.4, 0.5) is 0 Å². The van der Waals surface area contributed by atoms with E-state index in [0.717, 1.165) is 11.0 Å². The smallest absolute Gasteiger partial charge is 0.261 e. The number of aryl methyl sites for hydroxylation is 1. The number of ether oxygens (including phenoxy) is 1. The molecule has 7 nitrogen and oxygen atoms in total. The summed E-state index contributed by atoms with van der Waals surface area (Å²) in [6.45, 7) is 2.92. The number of fused-ring (bicyclic) bond motifs is 1. The Morgan fingerprint density at radius 2 is 2.12 bits per heavy atom. The van der Waals surface area contributed by atoms with Crippen molar-refractivity contribution in [2.75, 3.05) is 33.4 Å². The Labute approximate surface area is 160 Å². The Morgan fingerprint density at radius 1 is 1.32 bits per heavy atom. The predicted octanol–water partition coefficient (Wildman–Crippen LogP) is 1.32. The fourth-order valence-corrected chi connectivity index (χ4v) is 2.55. The molecule has 0 aliphatic rings. The lowest BCUT2D eigenvalue weighted by atomic mass is 10.2. The van der Waals surface area contributed by atoms with Gasteiger partial charge in [-0.25, -0.2) is 4.98 Å². The van der Waals surface area contributed by atoms with Crippen LogP contribution in [-0.2, 0) is 16.1 Å². The van der Waals surface area contributed by atoms with E-state index in [1.807, 2.05) is 6.07 Å². The summed E-state index contributed by atoms with van der Waals surface area (Å²) in [4.78, 5) is 28.5. The highest BCUT2D eigenvalue weighted by Gasteiger charge is 2.07. The van der Waals surface area contributed by atoms with Crippen molar-refractivity contribution in [3.8, 4) is 0 Å². The van der Waals surface area contributed by atoms with Crippen molar-refractivity contribution in [1.29, 1.82) is 0 Å². The Hall–Kier alpha value is -1.48. The molecule has 1 aromatic heterocycles. The monoisotopic (exact) mass is 432 g/mol. The van der Waals surface area contributed by atoms with Crippen molar-refractivity contribution in [2.24, 2.45) is 0 Å². The van der Waals surface area contributed by atoms with Crippen molar-refractivity contribution in [3.63, 3.8) is 0 Å². The van der Waals surface area contributed by atoms with Gasteiger partial charge >= 0.3 is 0 Å². The molecule has 2 aromatic rings. The lowest BCUT2D eigenvalue weighted by Crippen LogP contribution is -2.34. The zero-order valence-electron chi connectivity index (χ0n) is 14.0. The molecule has 2 N–H and O–H groups in total. The number of carbonyl (C=O) groups is 1. The van der Waals surface area contributed by atoms with Crippen LogP contribution in [0.3, 0.4) is 0 Å². The van der Waals surface area contributed by atoms with Crippen LogP contribution in [0.5, 0.6) is 0 Å². The third-order valence-corrected chi connectivity index (χ3v) is 3.97. The van der Waals surface area contributed by atoms with Gasteiger partial charge in [-0.1, -0.05) is 15.9 Å². The molecule has 0 aliphatic carbocycles. The summed E-state index contributed by atoms with van der Waals surface area (Å²) in [5, 5.41) is 6.49. The first-order chi connectivity index (χ1) is 11.6. The number of carbonyl (C=O) groups excluding carboxylic acids is 1. The molecule has 1 aromatic carbocycles. The summed E-state index contributed by atoms with van der Waals surface area (Å²) < 4.78 is 7.20. The molecular formula is C16H22BrClN4O3. The van der Waals surface area contributed by atoms with Crippen molar-refractivity contribution in [2.45, 2.75) is 13.0 Å². The topological polar surface area (TPSA) is 85.2 Å². The summed E-state index contributed by atoms with van der Waals surface area (Å²) in [6, 6.07) is 5.37. The van der Waals surface area contributed by atoms with Crippen molar-refractivity contribution in [1.82, 2.24) is 20.2 Å². The number of nitrogens with one attached hydrogen (secondary N) is 2. The van der Waals surface area contributed by atoms with Gasteiger partial charge in [-0.2, -0.15) is 0 Å². The first-order valence-electron chi connectivity index (χ1n) is 7.73. The van der Waals surface area contributed by atoms with Gasteiger partial charge in [0.1, 0.15) is 0 Å². The van der Waals surface area contributed by atoms with Gasteiger partial charge in [-0.3, -0.25) is 14.2 Å². The SMILES string of the molecule is COCCNCCNC(=O)CCn1cnc2ccc(Br)cc2c1=O.Cl. The lowest BCUT2D eigenvalue weighted by molar-refractivity contribution is -0.121. The molecule has 9 heteroatoms. The highest BCUT2D eigenvalue weighted by Crippen LogP contribution is 2.14. The minimum Gasteiger partial charge on any atom is -0.383 e. The molecule has 0 spiro atoms. The molecule has 138 valence electrons. The van der Waals surface area contributed by atoms with Crippen LogP contribution in [0.1, 0.15) is 6.42 Å². The fraction of sp³-hybridized carbons (Fsp3) is 0.438. The van der Waals surface area contributed by atoms with Gasteiger partial charge in [0.25, 0.3) is 5.56 Å². The Kier molecular flexibility index (Phi) is 9.66. The van der Waals surface area contributed by atoms with Crippen LogP contribution >= 0.6 is 28.3 Å². The van der Waals surface area contributed by atoms with E-state index in [0.29, 0.717) is 37.1 Å². The molecule has 0 fully saturated rings. The largest absolute Gasteiger partial charge is 0.383 e. The second-order valence-corrected chi connectivity index (χ2v) is 6.16. The maximum absolute atomic E-state index is 12.4. The summed E-state index contributed by atoms with van der Waals surface area (Å²) in [5.74, 6) is -0.0928. The summed E-state index contributed by atoms with van der Waals surface area (Å²) in [5.41, 5.74) is 0.501. The quantitative estimate of drug-likeness (QED) is 0.583. The van der Waals surface area contributed by atoms with E-state index >= 15 is 0 Å². The van der Waals surface area contributed by atoms with E-state index in [1.165, 1.54) is 10.9 Å². The highest BCUT2D eigenvalue weighted by molar-refractivity contribution is 9.10. The average Bonchev–Trinajstić information content (AvgIpc) is 2.58. The number of hydrogen-bond acceptors (Lipinski definition) is 5. The van der Waals surface area contributed by atoms with Crippen molar-refractivity contribution in [3.05, 3.63) is 39.4 Å². The molecule has 0 unspecified atom stereocenters. The van der Waals surface area contributed by atoms with Crippen LogP contribution in [0, 0.1) is 0 Å². The average molecular weight is 434 g/mol. The van der Waals surface area contributed by atoms with Crippen LogP contribution in [0.25, 0.3) is 10.9 Å². The van der Waals surface area contributed by atoms with Gasteiger partial charge in [0.15, 0.2) is 0 Å². The molecule has 0 saturated heterocycles. The van der Waals surface area contributed by atoms with E-state index in [4.69, 9.17) is 4.74 Å². The van der Waals surface area contributed by atoms with Gasteiger partial charge in [-0.15, -0.1) is 12.4 Å². The summed E-state index contributed by atoms with van der Waals surface area (Å²) in [7, 11) is 1.64. The van der Waals surface area contributed by atoms with Crippen molar-refractivity contribution >= 4 is 45.1 Å². The van der Waals surface area contributed by atoms with Crippen LogP contribution in [-0.4, -0.2) is 48.8 Å².